The summed E-state index contributed by atoms with van der Waals surface area (Å²) in [6.45, 7) is 0. The SMILES string of the molecule is O=C(Nc1cnn(C2CCC(BC3CCCCCCCCC3)CC2)c1)C1CCCC(C2CCCCCCC2)CCC1. The van der Waals surface area contributed by atoms with E-state index in [1.54, 1.807) is 0 Å². The van der Waals surface area contributed by atoms with Crippen LogP contribution in [0.15, 0.2) is 12.4 Å². The Bertz CT molecular complexity index is 850. The second kappa shape index (κ2) is 17.1. The third-order valence-corrected chi connectivity index (χ3v) is 11.9. The van der Waals surface area contributed by atoms with Crippen molar-refractivity contribution in [3.63, 3.8) is 0 Å². The fourth-order valence-electron chi connectivity index (χ4n) is 9.33. The highest BCUT2D eigenvalue weighted by molar-refractivity contribution is 6.39. The van der Waals surface area contributed by atoms with Crippen LogP contribution in [0.5, 0.6) is 0 Å². The minimum atomic E-state index is 0.175. The number of nitrogens with zero attached hydrogens (tertiary/aromatic N) is 2. The predicted molar refractivity (Wildman–Crippen MR) is 175 cm³/mol. The maximum atomic E-state index is 13.3. The molecule has 1 heterocycles. The van der Waals surface area contributed by atoms with Crippen LogP contribution >= 0.6 is 0 Å². The molecule has 4 aliphatic rings. The highest BCUT2D eigenvalue weighted by Crippen LogP contribution is 2.40. The molecule has 4 fully saturated rings. The second-order valence-electron chi connectivity index (χ2n) is 15.0. The van der Waals surface area contributed by atoms with E-state index in [-0.39, 0.29) is 11.8 Å². The van der Waals surface area contributed by atoms with Crippen molar-refractivity contribution in [3.8, 4) is 0 Å². The number of carbonyl (C=O) groups is 1. The lowest BCUT2D eigenvalue weighted by Gasteiger charge is -2.31. The Morgan fingerprint density at radius 2 is 1.10 bits per heavy atom. The summed E-state index contributed by atoms with van der Waals surface area (Å²) in [6, 6.07) is 0.507. The van der Waals surface area contributed by atoms with Gasteiger partial charge in [0.15, 0.2) is 0 Å². The molecular formula is C36H62BN3O. The van der Waals surface area contributed by atoms with E-state index in [0.29, 0.717) is 6.04 Å². The van der Waals surface area contributed by atoms with E-state index in [9.17, 15) is 4.79 Å². The molecule has 41 heavy (non-hydrogen) atoms. The maximum absolute atomic E-state index is 13.3. The number of aromatic nitrogens is 2. The van der Waals surface area contributed by atoms with Gasteiger partial charge in [0.2, 0.25) is 5.91 Å². The second-order valence-corrected chi connectivity index (χ2v) is 15.0. The van der Waals surface area contributed by atoms with Crippen molar-refractivity contribution in [2.75, 3.05) is 5.32 Å². The number of hydrogen-bond acceptors (Lipinski definition) is 2. The highest BCUT2D eigenvalue weighted by atomic mass is 16.1. The van der Waals surface area contributed by atoms with E-state index >= 15 is 0 Å². The van der Waals surface area contributed by atoms with Crippen molar-refractivity contribution in [1.29, 1.82) is 0 Å². The molecule has 0 unspecified atom stereocenters. The first kappa shape index (κ1) is 31.2. The van der Waals surface area contributed by atoms with Crippen LogP contribution in [-0.2, 0) is 4.79 Å². The number of anilines is 1. The summed E-state index contributed by atoms with van der Waals surface area (Å²) in [5.41, 5.74) is 0.910. The van der Waals surface area contributed by atoms with E-state index in [0.717, 1.165) is 42.0 Å². The van der Waals surface area contributed by atoms with Gasteiger partial charge in [-0.05, 0) is 37.5 Å². The molecule has 0 radical (unpaired) electrons. The lowest BCUT2D eigenvalue weighted by Crippen LogP contribution is -2.26. The van der Waals surface area contributed by atoms with E-state index in [2.05, 4.69) is 16.2 Å². The summed E-state index contributed by atoms with van der Waals surface area (Å²) in [5, 5.41) is 8.00. The molecule has 0 aromatic carbocycles. The first-order valence-electron chi connectivity index (χ1n) is 18.6. The average Bonchev–Trinajstić information content (AvgIpc) is 3.41. The van der Waals surface area contributed by atoms with Crippen LogP contribution in [0.25, 0.3) is 0 Å². The molecule has 0 saturated heterocycles. The van der Waals surface area contributed by atoms with Gasteiger partial charge in [-0.25, -0.2) is 0 Å². The van der Waals surface area contributed by atoms with Crippen LogP contribution in [-0.4, -0.2) is 23.0 Å². The Balaban J connectivity index is 1.02. The summed E-state index contributed by atoms with van der Waals surface area (Å²) in [7, 11) is 1.47. The third-order valence-electron chi connectivity index (χ3n) is 11.9. The maximum Gasteiger partial charge on any atom is 0.227 e. The molecule has 0 bridgehead atoms. The topological polar surface area (TPSA) is 46.9 Å². The van der Waals surface area contributed by atoms with E-state index in [1.165, 1.54) is 161 Å². The molecule has 5 rings (SSSR count). The zero-order valence-corrected chi connectivity index (χ0v) is 26.5. The van der Waals surface area contributed by atoms with Gasteiger partial charge in [0.1, 0.15) is 7.28 Å². The third kappa shape index (κ3) is 10.2. The zero-order valence-electron chi connectivity index (χ0n) is 26.5. The summed E-state index contributed by atoms with van der Waals surface area (Å²) in [4.78, 5) is 13.3. The molecule has 0 atom stereocenters. The van der Waals surface area contributed by atoms with Gasteiger partial charge in [0, 0.05) is 12.1 Å². The van der Waals surface area contributed by atoms with Gasteiger partial charge in [-0.15, -0.1) is 0 Å². The lowest BCUT2D eigenvalue weighted by molar-refractivity contribution is -0.120. The Labute approximate surface area is 253 Å². The predicted octanol–water partition coefficient (Wildman–Crippen LogP) is 10.4. The Hall–Kier alpha value is -1.26. The van der Waals surface area contributed by atoms with Crippen LogP contribution in [0.1, 0.15) is 173 Å². The van der Waals surface area contributed by atoms with Gasteiger partial charge in [-0.3, -0.25) is 9.48 Å². The number of rotatable bonds is 6. The molecule has 1 aromatic heterocycles. The lowest BCUT2D eigenvalue weighted by atomic mass is 9.49. The smallest absolute Gasteiger partial charge is 0.227 e. The van der Waals surface area contributed by atoms with Crippen molar-refractivity contribution in [2.24, 2.45) is 17.8 Å². The van der Waals surface area contributed by atoms with Gasteiger partial charge in [0.25, 0.3) is 0 Å². The summed E-state index contributed by atoms with van der Waals surface area (Å²) in [6.07, 6.45) is 39.8. The zero-order chi connectivity index (χ0) is 28.1. The average molecular weight is 564 g/mol. The molecule has 5 heteroatoms. The molecular weight excluding hydrogens is 501 g/mol. The van der Waals surface area contributed by atoms with Crippen LogP contribution in [0.2, 0.25) is 11.6 Å². The minimum Gasteiger partial charge on any atom is -0.323 e. The largest absolute Gasteiger partial charge is 0.323 e. The molecule has 230 valence electrons. The molecule has 1 amide bonds. The molecule has 1 N–H and O–H groups in total. The summed E-state index contributed by atoms with van der Waals surface area (Å²) < 4.78 is 2.17. The molecule has 1 aromatic rings. The molecule has 0 spiro atoms. The normalized spacial score (nSPS) is 30.7. The van der Waals surface area contributed by atoms with Gasteiger partial charge < -0.3 is 5.32 Å². The number of amides is 1. The van der Waals surface area contributed by atoms with Crippen LogP contribution < -0.4 is 5.32 Å². The summed E-state index contributed by atoms with van der Waals surface area (Å²) >= 11 is 0. The first-order valence-corrected chi connectivity index (χ1v) is 18.6. The minimum absolute atomic E-state index is 0.175. The number of nitrogens with one attached hydrogen (secondary N) is 1. The van der Waals surface area contributed by atoms with Crippen molar-refractivity contribution in [2.45, 2.75) is 185 Å². The fourth-order valence-corrected chi connectivity index (χ4v) is 9.33. The van der Waals surface area contributed by atoms with Crippen LogP contribution in [0.3, 0.4) is 0 Å². The highest BCUT2D eigenvalue weighted by Gasteiger charge is 2.28. The standard InChI is InChI=1S/C36H62BN3O/c41-36(31-19-13-17-30(18-14-20-31)29-15-9-5-4-6-10-16-29)39-34-27-38-40(28-34)35-25-23-33(24-26-35)37-32-21-11-7-2-1-3-8-12-22-32/h27-33,35,37H,1-26H2,(H,39,41). The van der Waals surface area contributed by atoms with Crippen LogP contribution in [0.4, 0.5) is 5.69 Å². The first-order chi connectivity index (χ1) is 20.2. The number of hydrogen-bond donors (Lipinski definition) is 1. The Morgan fingerprint density at radius 1 is 0.610 bits per heavy atom. The fraction of sp³-hybridized carbons (Fsp3) is 0.889. The van der Waals surface area contributed by atoms with E-state index in [4.69, 9.17) is 5.10 Å². The van der Waals surface area contributed by atoms with Gasteiger partial charge in [0.05, 0.1) is 17.9 Å². The van der Waals surface area contributed by atoms with E-state index in [1.807, 2.05) is 6.20 Å². The van der Waals surface area contributed by atoms with Crippen molar-refractivity contribution in [3.05, 3.63) is 12.4 Å². The van der Waals surface area contributed by atoms with Crippen molar-refractivity contribution in [1.82, 2.24) is 9.78 Å². The van der Waals surface area contributed by atoms with E-state index < -0.39 is 0 Å². The van der Waals surface area contributed by atoms with Crippen LogP contribution in [0, 0.1) is 17.8 Å². The van der Waals surface area contributed by atoms with Gasteiger partial charge in [-0.1, -0.05) is 153 Å². The molecule has 0 aliphatic heterocycles. The monoisotopic (exact) mass is 563 g/mol. The van der Waals surface area contributed by atoms with Gasteiger partial charge >= 0.3 is 0 Å². The summed E-state index contributed by atoms with van der Waals surface area (Å²) in [5.74, 6) is 4.17. The molecule has 4 saturated carbocycles. The molecule has 4 nitrogen and oxygen atoms in total. The quantitative estimate of drug-likeness (QED) is 0.350. The Morgan fingerprint density at radius 3 is 1.68 bits per heavy atom. The van der Waals surface area contributed by atoms with Crippen molar-refractivity contribution >= 4 is 18.9 Å². The van der Waals surface area contributed by atoms with Crippen molar-refractivity contribution < 1.29 is 4.79 Å². The Kier molecular flexibility index (Phi) is 13.0. The molecule has 4 aliphatic carbocycles. The number of carbonyl (C=O) groups excluding carboxylic acids is 1. The van der Waals surface area contributed by atoms with Gasteiger partial charge in [-0.2, -0.15) is 5.10 Å².